The Labute approximate surface area is 350 Å². The number of hydrogen-bond acceptors (Lipinski definition) is 10. The van der Waals surface area contributed by atoms with E-state index in [2.05, 4.69) is 15.4 Å². The van der Waals surface area contributed by atoms with Crippen LogP contribution in [-0.2, 0) is 29.1 Å². The topological polar surface area (TPSA) is 182 Å². The zero-order valence-electron chi connectivity index (χ0n) is 34.3. The van der Waals surface area contributed by atoms with Crippen LogP contribution in [0.25, 0.3) is 28.2 Å². The Morgan fingerprint density at radius 3 is 2.58 bits per heavy atom. The molecule has 14 nitrogen and oxygen atoms in total. The van der Waals surface area contributed by atoms with Crippen molar-refractivity contribution in [1.82, 2.24) is 25.2 Å². The van der Waals surface area contributed by atoms with Crippen molar-refractivity contribution in [1.29, 1.82) is 0 Å². The number of carbonyl (C=O) groups is 4. The van der Waals surface area contributed by atoms with Crippen LogP contribution in [0.5, 0.6) is 11.5 Å². The predicted octanol–water partition coefficient (Wildman–Crippen LogP) is 5.80. The molecule has 5 aliphatic rings. The van der Waals surface area contributed by atoms with Gasteiger partial charge in [0.2, 0.25) is 21.8 Å². The smallest absolute Gasteiger partial charge is 0.407 e. The highest BCUT2D eigenvalue weighted by Crippen LogP contribution is 2.46. The number of fused-ring (bicyclic) bond motifs is 4. The summed E-state index contributed by atoms with van der Waals surface area (Å²) in [5.41, 5.74) is 0.928. The number of methoxy groups -OCH3 is 1. The quantitative estimate of drug-likeness (QED) is 0.266. The summed E-state index contributed by atoms with van der Waals surface area (Å²) in [6.45, 7) is 4.03. The van der Waals surface area contributed by atoms with Crippen molar-refractivity contribution in [2.75, 3.05) is 20.3 Å². The molecule has 5 bridgehead atoms. The lowest BCUT2D eigenvalue weighted by Crippen LogP contribution is -2.58. The average Bonchev–Trinajstić information content (AvgIpc) is 4.15. The van der Waals surface area contributed by atoms with Gasteiger partial charge in [-0.25, -0.2) is 18.2 Å². The summed E-state index contributed by atoms with van der Waals surface area (Å²) >= 11 is 0. The minimum atomic E-state index is -3.91. The zero-order chi connectivity index (χ0) is 42.2. The van der Waals surface area contributed by atoms with Crippen LogP contribution < -0.4 is 24.8 Å². The van der Waals surface area contributed by atoms with E-state index in [1.165, 1.54) is 4.90 Å². The van der Waals surface area contributed by atoms with E-state index >= 15 is 0 Å². The summed E-state index contributed by atoms with van der Waals surface area (Å²) in [4.78, 5) is 63.1. The molecule has 4 amide bonds. The molecule has 4 heterocycles. The molecule has 3 aliphatic heterocycles. The second-order valence-corrected chi connectivity index (χ2v) is 19.5. The number of pyridine rings is 1. The van der Waals surface area contributed by atoms with Gasteiger partial charge in [0.15, 0.2) is 0 Å². The number of carbonyl (C=O) groups excluding carboxylic acids is 4. The molecule has 318 valence electrons. The van der Waals surface area contributed by atoms with Crippen molar-refractivity contribution < 1.29 is 41.8 Å². The molecule has 60 heavy (non-hydrogen) atoms. The average molecular weight is 840 g/mol. The summed E-state index contributed by atoms with van der Waals surface area (Å²) in [6.07, 6.45) is 11.3. The number of amides is 4. The molecule has 0 unspecified atom stereocenters. The van der Waals surface area contributed by atoms with Gasteiger partial charge in [0.1, 0.15) is 35.2 Å². The molecule has 2 aromatic carbocycles. The van der Waals surface area contributed by atoms with Gasteiger partial charge in [-0.3, -0.25) is 19.1 Å². The minimum absolute atomic E-state index is 0.0107. The normalized spacial score (nSPS) is 27.2. The fraction of sp³-hybridized carbons (Fsp3) is 0.489. The highest BCUT2D eigenvalue weighted by Gasteiger charge is 2.62. The number of ether oxygens (including phenoxy) is 3. The summed E-state index contributed by atoms with van der Waals surface area (Å²) in [6, 6.07) is 13.2. The van der Waals surface area contributed by atoms with Crippen LogP contribution in [0.4, 0.5) is 4.79 Å². The van der Waals surface area contributed by atoms with Crippen LogP contribution in [0.2, 0.25) is 0 Å². The molecule has 3 N–H and O–H groups in total. The van der Waals surface area contributed by atoms with Crippen molar-refractivity contribution in [2.45, 2.75) is 107 Å². The van der Waals surface area contributed by atoms with E-state index in [1.54, 1.807) is 7.11 Å². The van der Waals surface area contributed by atoms with Gasteiger partial charge in [-0.1, -0.05) is 81.3 Å². The van der Waals surface area contributed by atoms with Crippen LogP contribution in [0.1, 0.15) is 83.6 Å². The number of cyclic esters (lactones) is 1. The van der Waals surface area contributed by atoms with Gasteiger partial charge >= 0.3 is 6.09 Å². The van der Waals surface area contributed by atoms with Crippen molar-refractivity contribution in [3.05, 3.63) is 72.3 Å². The summed E-state index contributed by atoms with van der Waals surface area (Å²) in [7, 11) is -2.31. The van der Waals surface area contributed by atoms with Gasteiger partial charge < -0.3 is 29.7 Å². The third-order valence-electron chi connectivity index (χ3n) is 12.2. The molecule has 3 aromatic rings. The van der Waals surface area contributed by atoms with Crippen molar-refractivity contribution in [3.63, 3.8) is 0 Å². The van der Waals surface area contributed by atoms with Crippen molar-refractivity contribution >= 4 is 50.8 Å². The summed E-state index contributed by atoms with van der Waals surface area (Å²) in [5.74, 6) is -1.23. The first kappa shape index (κ1) is 41.3. The zero-order valence-corrected chi connectivity index (χ0v) is 35.1. The third kappa shape index (κ3) is 8.86. The van der Waals surface area contributed by atoms with Crippen LogP contribution in [-0.4, -0.2) is 91.4 Å². The molecule has 8 rings (SSSR count). The first-order valence-corrected chi connectivity index (χ1v) is 22.5. The van der Waals surface area contributed by atoms with E-state index in [0.717, 1.165) is 24.0 Å². The standard InChI is InChI=1S/C45H53N5O9S/c1-44(2)20-12-15-29-21-33-36(24-38(29)57-3)46-35(28-13-8-7-9-14-28)23-39(33)59-31-22-37-40(51)48-45(42(53)49-60(55,56)32-18-19-32)25-30(45)16-10-5-4-6-11-17-34(41(52)50(37)26-31)47-43(54)58-27-44/h7-10,12-16,21,23-24,30-32,34,37H,4-6,11,17-20,22,25-27H2,1-3H3,(H,47,54)(H,48,51)(H,49,53)/t30-,31-,34+,37+,45-/m1/s1. The lowest BCUT2D eigenvalue weighted by atomic mass is 9.90. The Balaban J connectivity index is 1.20. The van der Waals surface area contributed by atoms with Crippen LogP contribution in [0, 0.1) is 11.3 Å². The van der Waals surface area contributed by atoms with Gasteiger partial charge in [-0.2, -0.15) is 0 Å². The Bertz CT molecular complexity index is 2340. The van der Waals surface area contributed by atoms with E-state index < -0.39 is 74.1 Å². The molecule has 0 radical (unpaired) electrons. The molecule has 0 spiro atoms. The molecule has 15 heteroatoms. The number of allylic oxidation sites excluding steroid dienone is 2. The highest BCUT2D eigenvalue weighted by atomic mass is 32.2. The summed E-state index contributed by atoms with van der Waals surface area (Å²) < 4.78 is 46.6. The van der Waals surface area contributed by atoms with Gasteiger partial charge in [-0.05, 0) is 51.0 Å². The number of rotatable bonds is 5. The number of alkyl carbamates (subject to hydrolysis) is 1. The SMILES string of the molecule is COc1cc2nc(-c3ccccc3)cc3c2cc1C=CCC(C)(C)COC(=O)N[C@H]1CCCCCC=C[C@@H]2C[C@@]2(C(=O)NS(=O)(=O)C2CC2)NC(=O)[C@@H]2C[C@H](CN2C1=O)O3. The Morgan fingerprint density at radius 1 is 1.02 bits per heavy atom. The van der Waals surface area contributed by atoms with E-state index in [9.17, 15) is 27.6 Å². The second-order valence-electron chi connectivity index (χ2n) is 17.5. The monoisotopic (exact) mass is 839 g/mol. The lowest BCUT2D eigenvalue weighted by molar-refractivity contribution is -0.141. The minimum Gasteiger partial charge on any atom is -0.496 e. The van der Waals surface area contributed by atoms with Crippen molar-refractivity contribution in [2.24, 2.45) is 11.3 Å². The van der Waals surface area contributed by atoms with E-state index in [1.807, 2.05) is 86.7 Å². The van der Waals surface area contributed by atoms with Crippen LogP contribution >= 0.6 is 0 Å². The van der Waals surface area contributed by atoms with Gasteiger partial charge in [-0.15, -0.1) is 0 Å². The fourth-order valence-corrected chi connectivity index (χ4v) is 9.80. The van der Waals surface area contributed by atoms with Crippen molar-refractivity contribution in [3.8, 4) is 22.8 Å². The third-order valence-corrected chi connectivity index (χ3v) is 14.0. The molecule has 1 saturated heterocycles. The maximum atomic E-state index is 14.8. The lowest BCUT2D eigenvalue weighted by Gasteiger charge is -2.30. The second kappa shape index (κ2) is 16.5. The fourth-order valence-electron chi connectivity index (χ4n) is 8.44. The maximum absolute atomic E-state index is 14.8. The Kier molecular flexibility index (Phi) is 11.4. The molecule has 2 saturated carbocycles. The largest absolute Gasteiger partial charge is 0.496 e. The number of aromatic nitrogens is 1. The molecule has 1 aromatic heterocycles. The van der Waals surface area contributed by atoms with Crippen LogP contribution in [0.3, 0.4) is 0 Å². The highest BCUT2D eigenvalue weighted by molar-refractivity contribution is 7.91. The number of nitrogens with zero attached hydrogens (tertiary/aromatic N) is 2. The molecule has 2 aliphatic carbocycles. The first-order chi connectivity index (χ1) is 28.7. The molecule has 3 fully saturated rings. The van der Waals surface area contributed by atoms with E-state index in [4.69, 9.17) is 19.2 Å². The van der Waals surface area contributed by atoms with E-state index in [-0.39, 0.29) is 26.0 Å². The predicted molar refractivity (Wildman–Crippen MR) is 225 cm³/mol. The number of benzene rings is 2. The number of nitrogens with one attached hydrogen (secondary N) is 3. The van der Waals surface area contributed by atoms with Gasteiger partial charge in [0, 0.05) is 46.4 Å². The number of sulfonamides is 1. The Morgan fingerprint density at radius 2 is 1.82 bits per heavy atom. The molecule has 5 atom stereocenters. The number of hydrogen-bond donors (Lipinski definition) is 3. The molecular weight excluding hydrogens is 787 g/mol. The van der Waals surface area contributed by atoms with E-state index in [0.29, 0.717) is 66.6 Å². The summed E-state index contributed by atoms with van der Waals surface area (Å²) in [5, 5.41) is 5.81. The maximum Gasteiger partial charge on any atom is 0.407 e. The Hall–Kier alpha value is -5.44. The van der Waals surface area contributed by atoms with Gasteiger partial charge in [0.05, 0.1) is 36.7 Å². The molecular formula is C45H53N5O9S. The van der Waals surface area contributed by atoms with Gasteiger partial charge in [0.25, 0.3) is 5.91 Å². The first-order valence-electron chi connectivity index (χ1n) is 21.0. The van der Waals surface area contributed by atoms with Crippen LogP contribution in [0.15, 0.2) is 66.8 Å².